The van der Waals surface area contributed by atoms with Crippen molar-refractivity contribution >= 4 is 21.7 Å². The van der Waals surface area contributed by atoms with Crippen LogP contribution in [0.5, 0.6) is 0 Å². The Bertz CT molecular complexity index is 734. The van der Waals surface area contributed by atoms with Gasteiger partial charge in [-0.05, 0) is 30.4 Å². The molecule has 1 aromatic carbocycles. The van der Waals surface area contributed by atoms with Crippen molar-refractivity contribution in [2.24, 2.45) is 11.8 Å². The van der Waals surface area contributed by atoms with Gasteiger partial charge in [0.2, 0.25) is 0 Å². The number of sulfone groups is 1. The van der Waals surface area contributed by atoms with Gasteiger partial charge >= 0.3 is 5.97 Å². The molecule has 0 unspecified atom stereocenters. The fourth-order valence-electron chi connectivity index (χ4n) is 3.22. The molecule has 1 aromatic rings. The molecule has 6 nitrogen and oxygen atoms in total. The molecular weight excluding hydrogens is 342 g/mol. The van der Waals surface area contributed by atoms with Gasteiger partial charge < -0.3 is 9.64 Å². The second-order valence-electron chi connectivity index (χ2n) is 6.72. The van der Waals surface area contributed by atoms with E-state index in [0.717, 1.165) is 6.42 Å². The van der Waals surface area contributed by atoms with Crippen LogP contribution in [0.15, 0.2) is 29.2 Å². The first-order valence-electron chi connectivity index (χ1n) is 8.51. The molecule has 2 atom stereocenters. The smallest absolute Gasteiger partial charge is 0.339 e. The van der Waals surface area contributed by atoms with Gasteiger partial charge in [-0.2, -0.15) is 0 Å². The highest BCUT2D eigenvalue weighted by molar-refractivity contribution is 7.91. The number of likely N-dealkylation sites (tertiary alicyclic amines) is 1. The maximum absolute atomic E-state index is 12.3. The molecular formula is C18H25NO5S. The van der Waals surface area contributed by atoms with Crippen molar-refractivity contribution in [1.82, 2.24) is 4.90 Å². The number of nitrogens with zero attached hydrogens (tertiary/aromatic N) is 1. The van der Waals surface area contributed by atoms with E-state index in [1.54, 1.807) is 17.0 Å². The zero-order valence-electron chi connectivity index (χ0n) is 14.9. The predicted molar refractivity (Wildman–Crippen MR) is 94.0 cm³/mol. The van der Waals surface area contributed by atoms with Crippen LogP contribution in [0.4, 0.5) is 0 Å². The lowest BCUT2D eigenvalue weighted by Crippen LogP contribution is -2.44. The number of carbonyl (C=O) groups is 2. The first-order valence-corrected chi connectivity index (χ1v) is 10.2. The number of piperidine rings is 1. The van der Waals surface area contributed by atoms with E-state index in [-0.39, 0.29) is 28.7 Å². The second kappa shape index (κ2) is 7.99. The van der Waals surface area contributed by atoms with Crippen molar-refractivity contribution in [3.8, 4) is 0 Å². The summed E-state index contributed by atoms with van der Waals surface area (Å²) >= 11 is 0. The van der Waals surface area contributed by atoms with Crippen LogP contribution in [0.25, 0.3) is 0 Å². The molecule has 0 N–H and O–H groups in total. The van der Waals surface area contributed by atoms with E-state index in [2.05, 4.69) is 13.8 Å². The molecule has 0 aliphatic carbocycles. The summed E-state index contributed by atoms with van der Waals surface area (Å²) in [5.74, 6) is -0.320. The number of esters is 1. The van der Waals surface area contributed by atoms with E-state index in [9.17, 15) is 18.0 Å². The molecule has 7 heteroatoms. The van der Waals surface area contributed by atoms with Crippen LogP contribution < -0.4 is 0 Å². The van der Waals surface area contributed by atoms with Crippen molar-refractivity contribution in [2.75, 3.05) is 25.4 Å². The molecule has 1 aliphatic rings. The van der Waals surface area contributed by atoms with Crippen LogP contribution in [0, 0.1) is 11.8 Å². The third-order valence-corrected chi connectivity index (χ3v) is 6.16. The van der Waals surface area contributed by atoms with Crippen LogP contribution in [0.2, 0.25) is 0 Å². The molecule has 1 aliphatic heterocycles. The van der Waals surface area contributed by atoms with Gasteiger partial charge in [0.05, 0.1) is 16.2 Å². The summed E-state index contributed by atoms with van der Waals surface area (Å²) < 4.78 is 29.3. The largest absolute Gasteiger partial charge is 0.452 e. The van der Waals surface area contributed by atoms with Crippen molar-refractivity contribution in [3.63, 3.8) is 0 Å². The van der Waals surface area contributed by atoms with Crippen LogP contribution in [-0.2, 0) is 19.4 Å². The highest BCUT2D eigenvalue weighted by Gasteiger charge is 2.27. The number of carbonyl (C=O) groups excluding carboxylic acids is 2. The Labute approximate surface area is 149 Å². The molecule has 1 fully saturated rings. The van der Waals surface area contributed by atoms with E-state index in [1.165, 1.54) is 19.1 Å². The Morgan fingerprint density at radius 2 is 1.76 bits per heavy atom. The summed E-state index contributed by atoms with van der Waals surface area (Å²) in [6.45, 7) is 6.63. The Balaban J connectivity index is 2.05. The number of ether oxygens (including phenoxy) is 1. The van der Waals surface area contributed by atoms with Crippen molar-refractivity contribution in [3.05, 3.63) is 29.8 Å². The number of benzene rings is 1. The summed E-state index contributed by atoms with van der Waals surface area (Å²) in [5.41, 5.74) is -0.0301. The third-order valence-electron chi connectivity index (χ3n) is 4.37. The van der Waals surface area contributed by atoms with Gasteiger partial charge in [-0.3, -0.25) is 4.79 Å². The van der Waals surface area contributed by atoms with Crippen molar-refractivity contribution in [1.29, 1.82) is 0 Å². The number of hydrogen-bond donors (Lipinski definition) is 0. The zero-order chi connectivity index (χ0) is 18.6. The van der Waals surface area contributed by atoms with Gasteiger partial charge in [0.1, 0.15) is 0 Å². The van der Waals surface area contributed by atoms with Gasteiger partial charge in [0.25, 0.3) is 5.91 Å². The number of hydrogen-bond acceptors (Lipinski definition) is 5. The molecule has 0 radical (unpaired) electrons. The zero-order valence-corrected chi connectivity index (χ0v) is 15.7. The van der Waals surface area contributed by atoms with Gasteiger partial charge in [-0.1, -0.05) is 32.9 Å². The second-order valence-corrected chi connectivity index (χ2v) is 8.97. The summed E-state index contributed by atoms with van der Waals surface area (Å²) in [6, 6.07) is 5.91. The molecule has 0 bridgehead atoms. The van der Waals surface area contributed by atoms with Crippen LogP contribution in [0.1, 0.15) is 37.6 Å². The molecule has 138 valence electrons. The van der Waals surface area contributed by atoms with E-state index < -0.39 is 15.8 Å². The number of amides is 1. The Morgan fingerprint density at radius 3 is 2.36 bits per heavy atom. The van der Waals surface area contributed by atoms with E-state index in [4.69, 9.17) is 4.74 Å². The summed E-state index contributed by atoms with van der Waals surface area (Å²) in [5, 5.41) is 0. The van der Waals surface area contributed by atoms with Gasteiger partial charge in [0.15, 0.2) is 16.4 Å². The Hall–Kier alpha value is -1.89. The SMILES string of the molecule is CCS(=O)(=O)c1ccccc1C(=O)OCC(=O)N1C[C@H](C)C[C@H](C)C1. The summed E-state index contributed by atoms with van der Waals surface area (Å²) in [4.78, 5) is 26.2. The fraction of sp³-hybridized carbons (Fsp3) is 0.556. The maximum Gasteiger partial charge on any atom is 0.339 e. The molecule has 25 heavy (non-hydrogen) atoms. The van der Waals surface area contributed by atoms with E-state index in [0.29, 0.717) is 24.9 Å². The lowest BCUT2D eigenvalue weighted by molar-refractivity contribution is -0.137. The molecule has 1 saturated heterocycles. The first-order chi connectivity index (χ1) is 11.7. The average Bonchev–Trinajstić information content (AvgIpc) is 2.58. The normalized spacial score (nSPS) is 21.0. The lowest BCUT2D eigenvalue weighted by atomic mass is 9.92. The molecule has 0 spiro atoms. The van der Waals surface area contributed by atoms with E-state index >= 15 is 0 Å². The quantitative estimate of drug-likeness (QED) is 0.745. The van der Waals surface area contributed by atoms with Crippen molar-refractivity contribution in [2.45, 2.75) is 32.1 Å². The Kier molecular flexibility index (Phi) is 6.21. The maximum atomic E-state index is 12.3. The van der Waals surface area contributed by atoms with E-state index in [1.807, 2.05) is 0 Å². The predicted octanol–water partition coefficient (Wildman–Crippen LogP) is 2.14. The summed E-state index contributed by atoms with van der Waals surface area (Å²) in [7, 11) is -3.54. The van der Waals surface area contributed by atoms with Crippen LogP contribution in [0.3, 0.4) is 0 Å². The fourth-order valence-corrected chi connectivity index (χ4v) is 4.31. The monoisotopic (exact) mass is 367 g/mol. The standard InChI is InChI=1S/C18H25NO5S/c1-4-25(22,23)16-8-6-5-7-15(16)18(21)24-12-17(20)19-10-13(2)9-14(3)11-19/h5-8,13-14H,4,9-12H2,1-3H3/t13-,14+. The van der Waals surface area contributed by atoms with Gasteiger partial charge in [-0.25, -0.2) is 13.2 Å². The van der Waals surface area contributed by atoms with Gasteiger partial charge in [0, 0.05) is 13.1 Å². The first kappa shape index (κ1) is 19.4. The minimum absolute atomic E-state index is 0.0301. The minimum atomic E-state index is -3.54. The van der Waals surface area contributed by atoms with Gasteiger partial charge in [-0.15, -0.1) is 0 Å². The van der Waals surface area contributed by atoms with Crippen molar-refractivity contribution < 1.29 is 22.7 Å². The minimum Gasteiger partial charge on any atom is -0.452 e. The topological polar surface area (TPSA) is 80.7 Å². The Morgan fingerprint density at radius 1 is 1.16 bits per heavy atom. The molecule has 1 heterocycles. The lowest BCUT2D eigenvalue weighted by Gasteiger charge is -2.34. The summed E-state index contributed by atoms with van der Waals surface area (Å²) in [6.07, 6.45) is 1.08. The average molecular weight is 367 g/mol. The number of rotatable bonds is 5. The molecule has 0 aromatic heterocycles. The molecule has 1 amide bonds. The molecule has 2 rings (SSSR count). The van der Waals surface area contributed by atoms with Crippen LogP contribution >= 0.6 is 0 Å². The third kappa shape index (κ3) is 4.81. The molecule has 0 saturated carbocycles. The van der Waals surface area contributed by atoms with Crippen LogP contribution in [-0.4, -0.2) is 50.6 Å². The highest BCUT2D eigenvalue weighted by atomic mass is 32.2. The highest BCUT2D eigenvalue weighted by Crippen LogP contribution is 2.21.